The van der Waals surface area contributed by atoms with Crippen molar-refractivity contribution in [1.29, 1.82) is 0 Å². The van der Waals surface area contributed by atoms with Crippen LogP contribution in [0.1, 0.15) is 20.3 Å². The van der Waals surface area contributed by atoms with E-state index in [9.17, 15) is 4.79 Å². The summed E-state index contributed by atoms with van der Waals surface area (Å²) in [5, 5.41) is 0. The van der Waals surface area contributed by atoms with Crippen molar-refractivity contribution in [1.82, 2.24) is 9.55 Å². The molecule has 1 aliphatic carbocycles. The van der Waals surface area contributed by atoms with E-state index < -0.39 is 0 Å². The summed E-state index contributed by atoms with van der Waals surface area (Å²) in [4.78, 5) is 13.6. The van der Waals surface area contributed by atoms with Crippen molar-refractivity contribution >= 4 is 12.2 Å². The fourth-order valence-electron chi connectivity index (χ4n) is 1.71. The first kappa shape index (κ1) is 9.65. The number of H-pyrrole nitrogens is 1. The van der Waals surface area contributed by atoms with Gasteiger partial charge in [-0.15, -0.1) is 0 Å². The van der Waals surface area contributed by atoms with Crippen LogP contribution in [0.4, 0.5) is 0 Å². The van der Waals surface area contributed by atoms with Gasteiger partial charge in [0.2, 0.25) is 0 Å². The fraction of sp³-hybridized carbons (Fsp3) is 0.600. The molecule has 1 fully saturated rings. The van der Waals surface area contributed by atoms with Crippen molar-refractivity contribution in [3.05, 3.63) is 27.4 Å². The molecule has 1 unspecified atom stereocenters. The van der Waals surface area contributed by atoms with Gasteiger partial charge >= 0.3 is 0 Å². The minimum Gasteiger partial charge on any atom is -0.325 e. The molecule has 0 aliphatic heterocycles. The topological polar surface area (TPSA) is 37.8 Å². The van der Waals surface area contributed by atoms with Gasteiger partial charge in [-0.05, 0) is 30.0 Å². The zero-order valence-electron chi connectivity index (χ0n) is 8.41. The fourth-order valence-corrected chi connectivity index (χ4v) is 1.95. The average molecular weight is 210 g/mol. The quantitative estimate of drug-likeness (QED) is 0.758. The molecule has 0 radical (unpaired) electrons. The lowest BCUT2D eigenvalue weighted by Gasteiger charge is -2.06. The molecule has 1 atom stereocenters. The van der Waals surface area contributed by atoms with Crippen LogP contribution in [0.2, 0.25) is 0 Å². The van der Waals surface area contributed by atoms with Crippen LogP contribution in [-0.2, 0) is 6.54 Å². The van der Waals surface area contributed by atoms with E-state index in [1.165, 1.54) is 12.5 Å². The second kappa shape index (κ2) is 3.05. The molecule has 1 aromatic rings. The van der Waals surface area contributed by atoms with E-state index >= 15 is 0 Å². The van der Waals surface area contributed by atoms with Gasteiger partial charge in [-0.1, -0.05) is 13.8 Å². The predicted octanol–water partition coefficient (Wildman–Crippen LogP) is 1.95. The Morgan fingerprint density at radius 3 is 2.86 bits per heavy atom. The van der Waals surface area contributed by atoms with Crippen molar-refractivity contribution in [3.63, 3.8) is 0 Å². The molecule has 1 aromatic heterocycles. The largest absolute Gasteiger partial charge is 0.325 e. The van der Waals surface area contributed by atoms with Gasteiger partial charge in [0.25, 0.3) is 5.56 Å². The van der Waals surface area contributed by atoms with Crippen LogP contribution in [0.3, 0.4) is 0 Å². The van der Waals surface area contributed by atoms with Crippen molar-refractivity contribution < 1.29 is 0 Å². The first-order chi connectivity index (χ1) is 6.49. The molecule has 0 aromatic carbocycles. The lowest BCUT2D eigenvalue weighted by Crippen LogP contribution is -2.13. The van der Waals surface area contributed by atoms with Crippen LogP contribution in [0.25, 0.3) is 0 Å². The second-order valence-electron chi connectivity index (χ2n) is 4.65. The zero-order valence-corrected chi connectivity index (χ0v) is 9.23. The van der Waals surface area contributed by atoms with E-state index in [-0.39, 0.29) is 5.56 Å². The van der Waals surface area contributed by atoms with E-state index in [1.807, 2.05) is 4.57 Å². The number of nitrogens with zero attached hydrogens (tertiary/aromatic N) is 1. The van der Waals surface area contributed by atoms with Crippen LogP contribution in [0.15, 0.2) is 17.1 Å². The van der Waals surface area contributed by atoms with E-state index in [0.717, 1.165) is 6.54 Å². The maximum Gasteiger partial charge on any atom is 0.251 e. The van der Waals surface area contributed by atoms with Gasteiger partial charge in [0.15, 0.2) is 4.77 Å². The number of aromatic amines is 1. The van der Waals surface area contributed by atoms with E-state index in [0.29, 0.717) is 16.1 Å². The molecule has 76 valence electrons. The maximum absolute atomic E-state index is 10.9. The standard InChI is InChI=1S/C10H14N2OS/c1-10(2)5-7(10)6-12-4-3-8(13)11-9(12)14/h3-4,7H,5-6H2,1-2H3,(H,11,13,14). The maximum atomic E-state index is 10.9. The Labute approximate surface area is 87.8 Å². The summed E-state index contributed by atoms with van der Waals surface area (Å²) >= 11 is 5.07. The third-order valence-corrected chi connectivity index (χ3v) is 3.37. The van der Waals surface area contributed by atoms with E-state index in [4.69, 9.17) is 12.2 Å². The third-order valence-electron chi connectivity index (χ3n) is 3.03. The highest BCUT2D eigenvalue weighted by molar-refractivity contribution is 7.71. The molecule has 0 bridgehead atoms. The highest BCUT2D eigenvalue weighted by atomic mass is 32.1. The zero-order chi connectivity index (χ0) is 10.3. The highest BCUT2D eigenvalue weighted by Gasteiger charge is 2.45. The Bertz CT molecular complexity index is 458. The van der Waals surface area contributed by atoms with Gasteiger partial charge in [0.05, 0.1) is 0 Å². The molecule has 0 amide bonds. The first-order valence-corrected chi connectivity index (χ1v) is 5.20. The van der Waals surface area contributed by atoms with Gasteiger partial charge < -0.3 is 4.57 Å². The molecule has 1 aliphatic rings. The number of hydrogen-bond acceptors (Lipinski definition) is 2. The van der Waals surface area contributed by atoms with Crippen molar-refractivity contribution in [3.8, 4) is 0 Å². The minimum absolute atomic E-state index is 0.124. The average Bonchev–Trinajstić information content (AvgIpc) is 2.65. The molecule has 1 heterocycles. The molecule has 3 nitrogen and oxygen atoms in total. The molecule has 2 rings (SSSR count). The summed E-state index contributed by atoms with van der Waals surface area (Å²) in [6, 6.07) is 1.52. The number of hydrogen-bond donors (Lipinski definition) is 1. The number of rotatable bonds is 2. The summed E-state index contributed by atoms with van der Waals surface area (Å²) in [6.45, 7) is 5.43. The van der Waals surface area contributed by atoms with Crippen LogP contribution in [0.5, 0.6) is 0 Å². The van der Waals surface area contributed by atoms with Gasteiger partial charge in [0.1, 0.15) is 0 Å². The summed E-state index contributed by atoms with van der Waals surface area (Å²) in [5.74, 6) is 0.695. The van der Waals surface area contributed by atoms with Gasteiger partial charge in [0, 0.05) is 18.8 Å². The number of nitrogens with one attached hydrogen (secondary N) is 1. The Morgan fingerprint density at radius 2 is 2.36 bits per heavy atom. The van der Waals surface area contributed by atoms with Crippen LogP contribution in [0, 0.1) is 16.1 Å². The van der Waals surface area contributed by atoms with E-state index in [1.54, 1.807) is 6.20 Å². The third kappa shape index (κ3) is 1.80. The lowest BCUT2D eigenvalue weighted by molar-refractivity contribution is 0.490. The van der Waals surface area contributed by atoms with Crippen LogP contribution >= 0.6 is 12.2 Å². The highest BCUT2D eigenvalue weighted by Crippen LogP contribution is 2.52. The minimum atomic E-state index is -0.124. The van der Waals surface area contributed by atoms with Gasteiger partial charge in [-0.3, -0.25) is 9.78 Å². The van der Waals surface area contributed by atoms with E-state index in [2.05, 4.69) is 18.8 Å². The lowest BCUT2D eigenvalue weighted by atomic mass is 10.1. The summed E-state index contributed by atoms with van der Waals surface area (Å²) < 4.78 is 2.47. The molecule has 0 saturated heterocycles. The molecule has 14 heavy (non-hydrogen) atoms. The van der Waals surface area contributed by atoms with Crippen LogP contribution < -0.4 is 5.56 Å². The van der Waals surface area contributed by atoms with Crippen molar-refractivity contribution in [2.75, 3.05) is 0 Å². The molecular formula is C10H14N2OS. The summed E-state index contributed by atoms with van der Waals surface area (Å²) in [5.41, 5.74) is 0.326. The molecule has 4 heteroatoms. The molecule has 1 N–H and O–H groups in total. The Hall–Kier alpha value is -0.900. The molecule has 1 saturated carbocycles. The number of aromatic nitrogens is 2. The predicted molar refractivity (Wildman–Crippen MR) is 57.8 cm³/mol. The van der Waals surface area contributed by atoms with Crippen molar-refractivity contribution in [2.45, 2.75) is 26.8 Å². The Balaban J connectivity index is 2.19. The molecular weight excluding hydrogens is 196 g/mol. The smallest absolute Gasteiger partial charge is 0.251 e. The second-order valence-corrected chi connectivity index (χ2v) is 5.04. The van der Waals surface area contributed by atoms with Crippen molar-refractivity contribution in [2.24, 2.45) is 11.3 Å². The Kier molecular flexibility index (Phi) is 2.10. The monoisotopic (exact) mass is 210 g/mol. The SMILES string of the molecule is CC1(C)CC1Cn1ccc(=O)[nH]c1=S. The first-order valence-electron chi connectivity index (χ1n) is 4.79. The summed E-state index contributed by atoms with van der Waals surface area (Å²) in [7, 11) is 0. The van der Waals surface area contributed by atoms with Crippen LogP contribution in [-0.4, -0.2) is 9.55 Å². The molecule has 0 spiro atoms. The summed E-state index contributed by atoms with van der Waals surface area (Å²) in [6.07, 6.45) is 3.02. The van der Waals surface area contributed by atoms with Gasteiger partial charge in [-0.25, -0.2) is 0 Å². The van der Waals surface area contributed by atoms with Gasteiger partial charge in [-0.2, -0.15) is 0 Å². The normalized spacial score (nSPS) is 23.4. The Morgan fingerprint density at radius 1 is 1.71 bits per heavy atom.